The second kappa shape index (κ2) is 7.03. The van der Waals surface area contributed by atoms with Gasteiger partial charge in [0, 0.05) is 20.0 Å². The Morgan fingerprint density at radius 2 is 1.88 bits per heavy atom. The SMILES string of the molecule is C=CCNC(=O)NNc1c(Br)cc(Br)cc1Br. The van der Waals surface area contributed by atoms with E-state index in [0.717, 1.165) is 19.1 Å². The standard InChI is InChI=1S/C10H10Br3N3O/c1-2-3-14-10(17)16-15-9-7(12)4-6(11)5-8(9)13/h2,4-5,15H,1,3H2,(H2,14,16,17). The molecule has 7 heteroatoms. The third-order valence-corrected chi connectivity index (χ3v) is 3.42. The lowest BCUT2D eigenvalue weighted by Gasteiger charge is -2.12. The minimum atomic E-state index is -0.327. The highest BCUT2D eigenvalue weighted by Gasteiger charge is 2.07. The van der Waals surface area contributed by atoms with E-state index >= 15 is 0 Å². The molecule has 0 aliphatic heterocycles. The van der Waals surface area contributed by atoms with Gasteiger partial charge in [-0.1, -0.05) is 22.0 Å². The van der Waals surface area contributed by atoms with E-state index < -0.39 is 0 Å². The van der Waals surface area contributed by atoms with Crippen molar-refractivity contribution in [1.82, 2.24) is 10.7 Å². The second-order valence-electron chi connectivity index (χ2n) is 2.99. The van der Waals surface area contributed by atoms with Crippen molar-refractivity contribution in [2.45, 2.75) is 0 Å². The molecule has 2 amide bonds. The number of anilines is 1. The predicted molar refractivity (Wildman–Crippen MR) is 79.9 cm³/mol. The van der Waals surface area contributed by atoms with Crippen LogP contribution in [0.25, 0.3) is 0 Å². The summed E-state index contributed by atoms with van der Waals surface area (Å²) in [6.07, 6.45) is 1.60. The van der Waals surface area contributed by atoms with Gasteiger partial charge in [-0.2, -0.15) is 0 Å². The van der Waals surface area contributed by atoms with Crippen molar-refractivity contribution < 1.29 is 4.79 Å². The number of nitrogens with one attached hydrogen (secondary N) is 3. The molecule has 0 aromatic heterocycles. The molecule has 0 aliphatic rings. The highest BCUT2D eigenvalue weighted by Crippen LogP contribution is 2.33. The molecule has 0 atom stereocenters. The largest absolute Gasteiger partial charge is 0.333 e. The van der Waals surface area contributed by atoms with Gasteiger partial charge in [0.05, 0.1) is 5.69 Å². The van der Waals surface area contributed by atoms with E-state index in [1.165, 1.54) is 0 Å². The number of hydrazine groups is 1. The Kier molecular flexibility index (Phi) is 6.01. The first kappa shape index (κ1) is 14.5. The molecule has 4 nitrogen and oxygen atoms in total. The summed E-state index contributed by atoms with van der Waals surface area (Å²) in [5, 5.41) is 2.58. The van der Waals surface area contributed by atoms with Crippen LogP contribution in [0.15, 0.2) is 38.2 Å². The van der Waals surface area contributed by atoms with E-state index in [1.54, 1.807) is 6.08 Å². The summed E-state index contributed by atoms with van der Waals surface area (Å²) in [6.45, 7) is 3.92. The van der Waals surface area contributed by atoms with Crippen LogP contribution in [-0.4, -0.2) is 12.6 Å². The number of hydrogen-bond donors (Lipinski definition) is 3. The van der Waals surface area contributed by atoms with Crippen LogP contribution in [0.1, 0.15) is 0 Å². The van der Waals surface area contributed by atoms with Crippen LogP contribution < -0.4 is 16.2 Å². The first-order valence-electron chi connectivity index (χ1n) is 4.60. The van der Waals surface area contributed by atoms with Crippen molar-refractivity contribution in [2.75, 3.05) is 12.0 Å². The van der Waals surface area contributed by atoms with Crippen molar-refractivity contribution in [3.05, 3.63) is 38.2 Å². The van der Waals surface area contributed by atoms with Crippen LogP contribution in [0.2, 0.25) is 0 Å². The molecule has 0 fully saturated rings. The smallest absolute Gasteiger partial charge is 0.333 e. The van der Waals surface area contributed by atoms with E-state index in [2.05, 4.69) is 70.5 Å². The van der Waals surface area contributed by atoms with E-state index in [1.807, 2.05) is 12.1 Å². The van der Waals surface area contributed by atoms with Gasteiger partial charge in [0.2, 0.25) is 0 Å². The molecule has 1 rings (SSSR count). The summed E-state index contributed by atoms with van der Waals surface area (Å²) in [5.74, 6) is 0. The quantitative estimate of drug-likeness (QED) is 0.506. The lowest BCUT2D eigenvalue weighted by molar-refractivity contribution is 0.244. The molecule has 0 unspecified atom stereocenters. The molecule has 0 heterocycles. The van der Waals surface area contributed by atoms with Crippen molar-refractivity contribution in [1.29, 1.82) is 0 Å². The molecule has 0 spiro atoms. The number of carbonyl (C=O) groups excluding carboxylic acids is 1. The second-order valence-corrected chi connectivity index (χ2v) is 5.62. The number of halogens is 3. The lowest BCUT2D eigenvalue weighted by Crippen LogP contribution is -2.39. The Bertz CT molecular complexity index is 414. The molecule has 1 aromatic rings. The maximum atomic E-state index is 11.3. The fourth-order valence-corrected chi connectivity index (χ4v) is 3.45. The van der Waals surface area contributed by atoms with Gasteiger partial charge in [0.1, 0.15) is 0 Å². The van der Waals surface area contributed by atoms with Crippen LogP contribution in [0.3, 0.4) is 0 Å². The summed E-state index contributed by atoms with van der Waals surface area (Å²) in [4.78, 5) is 11.3. The van der Waals surface area contributed by atoms with E-state index in [0.29, 0.717) is 6.54 Å². The molecule has 0 radical (unpaired) electrons. The normalized spacial score (nSPS) is 9.59. The first-order valence-corrected chi connectivity index (χ1v) is 6.97. The summed E-state index contributed by atoms with van der Waals surface area (Å²) in [7, 11) is 0. The van der Waals surface area contributed by atoms with Gasteiger partial charge in [-0.25, -0.2) is 4.79 Å². The minimum Gasteiger partial charge on any atom is -0.333 e. The Hall–Kier alpha value is -0.530. The summed E-state index contributed by atoms with van der Waals surface area (Å²) < 4.78 is 2.57. The number of hydrogen-bond acceptors (Lipinski definition) is 2. The minimum absolute atomic E-state index is 0.327. The molecule has 92 valence electrons. The van der Waals surface area contributed by atoms with Gasteiger partial charge in [0.15, 0.2) is 0 Å². The van der Waals surface area contributed by atoms with E-state index in [-0.39, 0.29) is 6.03 Å². The van der Waals surface area contributed by atoms with Crippen LogP contribution in [0.5, 0.6) is 0 Å². The van der Waals surface area contributed by atoms with Crippen LogP contribution in [0, 0.1) is 0 Å². The third kappa shape index (κ3) is 4.69. The molecule has 3 N–H and O–H groups in total. The van der Waals surface area contributed by atoms with Gasteiger partial charge in [0.25, 0.3) is 0 Å². The Labute approximate surface area is 125 Å². The van der Waals surface area contributed by atoms with Crippen LogP contribution in [0.4, 0.5) is 10.5 Å². The number of rotatable bonds is 4. The van der Waals surface area contributed by atoms with Crippen molar-refractivity contribution in [3.8, 4) is 0 Å². The van der Waals surface area contributed by atoms with E-state index in [9.17, 15) is 4.79 Å². The third-order valence-electron chi connectivity index (χ3n) is 1.71. The maximum absolute atomic E-state index is 11.3. The highest BCUT2D eigenvalue weighted by atomic mass is 79.9. The molecule has 0 bridgehead atoms. The van der Waals surface area contributed by atoms with Crippen molar-refractivity contribution in [3.63, 3.8) is 0 Å². The lowest BCUT2D eigenvalue weighted by atomic mass is 10.3. The Morgan fingerprint density at radius 1 is 1.29 bits per heavy atom. The van der Waals surface area contributed by atoms with Gasteiger partial charge in [-0.3, -0.25) is 10.9 Å². The molecule has 0 aliphatic carbocycles. The zero-order valence-electron chi connectivity index (χ0n) is 8.69. The van der Waals surface area contributed by atoms with Crippen LogP contribution in [-0.2, 0) is 0 Å². The Morgan fingerprint density at radius 3 is 2.41 bits per heavy atom. The average Bonchev–Trinajstić information content (AvgIpc) is 2.24. The van der Waals surface area contributed by atoms with Gasteiger partial charge < -0.3 is 5.32 Å². The zero-order valence-corrected chi connectivity index (χ0v) is 13.4. The number of benzene rings is 1. The number of amides is 2. The topological polar surface area (TPSA) is 53.2 Å². The first-order chi connectivity index (χ1) is 8.04. The predicted octanol–water partition coefficient (Wildman–Crippen LogP) is 3.79. The molecular weight excluding hydrogens is 418 g/mol. The molecule has 0 saturated heterocycles. The van der Waals surface area contributed by atoms with Gasteiger partial charge in [-0.05, 0) is 44.0 Å². The fraction of sp³-hybridized carbons (Fsp3) is 0.100. The Balaban J connectivity index is 2.63. The summed E-state index contributed by atoms with van der Waals surface area (Å²) >= 11 is 10.1. The highest BCUT2D eigenvalue weighted by molar-refractivity contribution is 9.11. The maximum Gasteiger partial charge on any atom is 0.333 e. The zero-order chi connectivity index (χ0) is 12.8. The van der Waals surface area contributed by atoms with Crippen molar-refractivity contribution in [2.24, 2.45) is 0 Å². The molecule has 1 aromatic carbocycles. The van der Waals surface area contributed by atoms with Crippen LogP contribution >= 0.6 is 47.8 Å². The molecule has 0 saturated carbocycles. The molecular formula is C10H10Br3N3O. The molecule has 17 heavy (non-hydrogen) atoms. The summed E-state index contributed by atoms with van der Waals surface area (Å²) in [6, 6.07) is 3.42. The van der Waals surface area contributed by atoms with Gasteiger partial charge in [-0.15, -0.1) is 6.58 Å². The van der Waals surface area contributed by atoms with Gasteiger partial charge >= 0.3 is 6.03 Å². The van der Waals surface area contributed by atoms with Crippen molar-refractivity contribution >= 4 is 59.5 Å². The summed E-state index contributed by atoms with van der Waals surface area (Å²) in [5.41, 5.74) is 6.06. The number of carbonyl (C=O) groups is 1. The fourth-order valence-electron chi connectivity index (χ4n) is 0.990. The number of urea groups is 1. The monoisotopic (exact) mass is 425 g/mol. The average molecular weight is 428 g/mol. The van der Waals surface area contributed by atoms with E-state index in [4.69, 9.17) is 0 Å².